The van der Waals surface area contributed by atoms with Crippen molar-refractivity contribution in [2.45, 2.75) is 6.54 Å². The number of anilines is 1. The number of hydrogen-bond acceptors (Lipinski definition) is 6. The first kappa shape index (κ1) is 14.0. The van der Waals surface area contributed by atoms with E-state index in [1.807, 2.05) is 24.3 Å². The van der Waals surface area contributed by atoms with Crippen molar-refractivity contribution in [3.05, 3.63) is 29.8 Å². The Morgan fingerprint density at radius 3 is 2.65 bits per heavy atom. The highest BCUT2D eigenvalue weighted by Gasteiger charge is 2.12. The molecule has 20 heavy (non-hydrogen) atoms. The predicted octanol–water partition coefficient (Wildman–Crippen LogP) is 1.33. The van der Waals surface area contributed by atoms with Gasteiger partial charge in [-0.05, 0) is 11.6 Å². The third-order valence-electron chi connectivity index (χ3n) is 3.01. The molecule has 0 aliphatic carbocycles. The summed E-state index contributed by atoms with van der Waals surface area (Å²) in [4.78, 5) is 2.29. The van der Waals surface area contributed by atoms with Gasteiger partial charge in [0.15, 0.2) is 0 Å². The Hall–Kier alpha value is -2.41. The highest BCUT2D eigenvalue weighted by Crippen LogP contribution is 2.17. The Bertz CT molecular complexity index is 548. The highest BCUT2D eigenvalue weighted by molar-refractivity contribution is 6.10. The molecule has 1 aromatic carbocycles. The van der Waals surface area contributed by atoms with Crippen molar-refractivity contribution >= 4 is 11.4 Å². The number of morpholine rings is 1. The molecule has 6 nitrogen and oxygen atoms in total. The topological polar surface area (TPSA) is 84.4 Å². The maximum atomic E-state index is 8.67. The van der Waals surface area contributed by atoms with Crippen LogP contribution in [0.3, 0.4) is 0 Å². The van der Waals surface area contributed by atoms with E-state index in [4.69, 9.17) is 15.3 Å². The zero-order chi connectivity index (χ0) is 14.2. The van der Waals surface area contributed by atoms with Gasteiger partial charge in [0, 0.05) is 19.6 Å². The minimum Gasteiger partial charge on any atom is -0.379 e. The van der Waals surface area contributed by atoms with Crippen molar-refractivity contribution in [2.75, 3.05) is 31.7 Å². The molecule has 0 saturated carbocycles. The van der Waals surface area contributed by atoms with Gasteiger partial charge in [0.1, 0.15) is 12.1 Å². The number of para-hydroxylation sites is 1. The van der Waals surface area contributed by atoms with E-state index < -0.39 is 0 Å². The van der Waals surface area contributed by atoms with Crippen molar-refractivity contribution in [3.63, 3.8) is 0 Å². The summed E-state index contributed by atoms with van der Waals surface area (Å²) in [5.74, 6) is 0. The molecule has 102 valence electrons. The van der Waals surface area contributed by atoms with Crippen molar-refractivity contribution in [2.24, 2.45) is 5.10 Å². The average molecular weight is 269 g/mol. The number of hydrogen-bond donors (Lipinski definition) is 1. The molecule has 1 aliphatic rings. The third kappa shape index (κ3) is 3.79. The zero-order valence-electron chi connectivity index (χ0n) is 11.0. The van der Waals surface area contributed by atoms with Crippen LogP contribution in [0, 0.1) is 22.7 Å². The van der Waals surface area contributed by atoms with Crippen LogP contribution in [0.15, 0.2) is 29.4 Å². The summed E-state index contributed by atoms with van der Waals surface area (Å²) in [7, 11) is 0. The van der Waals surface area contributed by atoms with Crippen molar-refractivity contribution in [1.29, 1.82) is 10.5 Å². The maximum Gasteiger partial charge on any atom is 0.237 e. The molecule has 2 rings (SSSR count). The third-order valence-corrected chi connectivity index (χ3v) is 3.01. The largest absolute Gasteiger partial charge is 0.379 e. The fraction of sp³-hybridized carbons (Fsp3) is 0.357. The van der Waals surface area contributed by atoms with Crippen LogP contribution in [0.2, 0.25) is 0 Å². The van der Waals surface area contributed by atoms with Crippen molar-refractivity contribution < 1.29 is 4.74 Å². The first-order chi connectivity index (χ1) is 9.83. The van der Waals surface area contributed by atoms with Gasteiger partial charge in [0.05, 0.1) is 18.9 Å². The summed E-state index contributed by atoms with van der Waals surface area (Å²) < 4.78 is 5.32. The quantitative estimate of drug-likeness (QED) is 0.658. The monoisotopic (exact) mass is 269 g/mol. The average Bonchev–Trinajstić information content (AvgIpc) is 2.51. The number of nitrogens with zero attached hydrogens (tertiary/aromatic N) is 4. The van der Waals surface area contributed by atoms with Crippen LogP contribution in [-0.4, -0.2) is 36.9 Å². The number of rotatable bonds is 4. The second-order valence-electron chi connectivity index (χ2n) is 4.34. The van der Waals surface area contributed by atoms with Gasteiger partial charge in [-0.15, -0.1) is 0 Å². The molecule has 1 N–H and O–H groups in total. The first-order valence-corrected chi connectivity index (χ1v) is 6.35. The lowest BCUT2D eigenvalue weighted by Gasteiger charge is -2.27. The lowest BCUT2D eigenvalue weighted by atomic mass is 10.1. The van der Waals surface area contributed by atoms with Gasteiger partial charge >= 0.3 is 0 Å². The molecule has 1 heterocycles. The summed E-state index contributed by atoms with van der Waals surface area (Å²) in [6.45, 7) is 4.09. The maximum absolute atomic E-state index is 8.67. The molecule has 0 aromatic heterocycles. The van der Waals surface area contributed by atoms with Gasteiger partial charge < -0.3 is 4.74 Å². The minimum atomic E-state index is -0.189. The molecule has 0 atom stereocenters. The number of hydrazone groups is 1. The van der Waals surface area contributed by atoms with E-state index in [2.05, 4.69) is 15.4 Å². The Morgan fingerprint density at radius 1 is 1.25 bits per heavy atom. The lowest BCUT2D eigenvalue weighted by molar-refractivity contribution is 0.0343. The molecule has 1 aliphatic heterocycles. The van der Waals surface area contributed by atoms with Gasteiger partial charge in [0.25, 0.3) is 0 Å². The van der Waals surface area contributed by atoms with E-state index in [0.29, 0.717) is 0 Å². The van der Waals surface area contributed by atoms with E-state index in [1.165, 1.54) is 0 Å². The van der Waals surface area contributed by atoms with Gasteiger partial charge in [-0.1, -0.05) is 18.2 Å². The Labute approximate surface area is 117 Å². The van der Waals surface area contributed by atoms with Crippen LogP contribution in [0.4, 0.5) is 5.69 Å². The summed E-state index contributed by atoms with van der Waals surface area (Å²) in [6.07, 6.45) is 0. The molecule has 0 spiro atoms. The summed E-state index contributed by atoms with van der Waals surface area (Å²) >= 11 is 0. The van der Waals surface area contributed by atoms with Crippen LogP contribution >= 0.6 is 0 Å². The van der Waals surface area contributed by atoms with Crippen LogP contribution in [0.1, 0.15) is 5.56 Å². The second kappa shape index (κ2) is 7.25. The molecular weight excluding hydrogens is 254 g/mol. The second-order valence-corrected chi connectivity index (χ2v) is 4.34. The normalized spacial score (nSPS) is 14.9. The molecular formula is C14H15N5O. The lowest BCUT2D eigenvalue weighted by Crippen LogP contribution is -2.35. The molecule has 0 amide bonds. The summed E-state index contributed by atoms with van der Waals surface area (Å²) in [6, 6.07) is 11.2. The molecule has 0 bridgehead atoms. The smallest absolute Gasteiger partial charge is 0.237 e. The Kier molecular flexibility index (Phi) is 5.08. The van der Waals surface area contributed by atoms with Gasteiger partial charge in [-0.3, -0.25) is 10.3 Å². The van der Waals surface area contributed by atoms with Crippen LogP contribution in [-0.2, 0) is 11.3 Å². The molecule has 0 radical (unpaired) electrons. The van der Waals surface area contributed by atoms with E-state index in [0.717, 1.165) is 44.1 Å². The van der Waals surface area contributed by atoms with E-state index in [1.54, 1.807) is 12.1 Å². The van der Waals surface area contributed by atoms with Crippen LogP contribution in [0.25, 0.3) is 0 Å². The fourth-order valence-corrected chi connectivity index (χ4v) is 1.96. The zero-order valence-corrected chi connectivity index (χ0v) is 11.0. The first-order valence-electron chi connectivity index (χ1n) is 6.35. The number of benzene rings is 1. The van der Waals surface area contributed by atoms with Crippen LogP contribution < -0.4 is 5.43 Å². The predicted molar refractivity (Wildman–Crippen MR) is 74.8 cm³/mol. The van der Waals surface area contributed by atoms with Gasteiger partial charge in [0.2, 0.25) is 5.71 Å². The minimum absolute atomic E-state index is 0.189. The molecule has 1 saturated heterocycles. The molecule has 1 fully saturated rings. The van der Waals surface area contributed by atoms with Crippen molar-refractivity contribution in [1.82, 2.24) is 4.90 Å². The Morgan fingerprint density at radius 2 is 1.95 bits per heavy atom. The number of nitriles is 2. The SMILES string of the molecule is N#CC(C#N)=NNc1ccccc1CN1CCOCC1. The van der Waals surface area contributed by atoms with E-state index in [9.17, 15) is 0 Å². The van der Waals surface area contributed by atoms with Crippen LogP contribution in [0.5, 0.6) is 0 Å². The number of nitrogens with one attached hydrogen (secondary N) is 1. The van der Waals surface area contributed by atoms with Crippen molar-refractivity contribution in [3.8, 4) is 12.1 Å². The summed E-state index contributed by atoms with van der Waals surface area (Å²) in [5.41, 5.74) is 4.49. The van der Waals surface area contributed by atoms with E-state index >= 15 is 0 Å². The van der Waals surface area contributed by atoms with Gasteiger partial charge in [-0.2, -0.15) is 15.6 Å². The Balaban J connectivity index is 2.08. The molecule has 6 heteroatoms. The fourth-order valence-electron chi connectivity index (χ4n) is 1.96. The molecule has 1 aromatic rings. The van der Waals surface area contributed by atoms with E-state index in [-0.39, 0.29) is 5.71 Å². The standard InChI is InChI=1S/C14H15N5O/c15-9-13(10-16)17-18-14-4-2-1-3-12(14)11-19-5-7-20-8-6-19/h1-4,18H,5-8,11H2. The number of ether oxygens (including phenoxy) is 1. The van der Waals surface area contributed by atoms with Gasteiger partial charge in [-0.25, -0.2) is 0 Å². The highest BCUT2D eigenvalue weighted by atomic mass is 16.5. The molecule has 0 unspecified atom stereocenters. The summed E-state index contributed by atoms with van der Waals surface area (Å²) in [5, 5.41) is 21.1.